The van der Waals surface area contributed by atoms with Gasteiger partial charge in [-0.05, 0) is 48.8 Å². The van der Waals surface area contributed by atoms with E-state index >= 15 is 0 Å². The lowest BCUT2D eigenvalue weighted by Crippen LogP contribution is -2.34. The van der Waals surface area contributed by atoms with Crippen molar-refractivity contribution in [3.8, 4) is 0 Å². The van der Waals surface area contributed by atoms with Gasteiger partial charge in [-0.2, -0.15) is 0 Å². The standard InChI is InChI=1S/C16H25NO2/c1-10-7-6-8-11(2)15(10)13(4)12(3)9-14(17)16(18)19-5/h6-8,12-14H,9,17H2,1-5H3. The number of carbonyl (C=O) groups excluding carboxylic acids is 1. The van der Waals surface area contributed by atoms with Crippen LogP contribution in [-0.4, -0.2) is 19.1 Å². The van der Waals surface area contributed by atoms with Gasteiger partial charge in [0.05, 0.1) is 7.11 Å². The van der Waals surface area contributed by atoms with Gasteiger partial charge in [0.15, 0.2) is 0 Å². The molecule has 3 unspecified atom stereocenters. The normalized spacial score (nSPS) is 15.7. The third-order valence-corrected chi connectivity index (χ3v) is 3.98. The highest BCUT2D eigenvalue weighted by Crippen LogP contribution is 2.31. The Hall–Kier alpha value is -1.35. The molecule has 0 amide bonds. The number of ether oxygens (including phenoxy) is 1. The van der Waals surface area contributed by atoms with E-state index in [1.807, 2.05) is 0 Å². The van der Waals surface area contributed by atoms with Gasteiger partial charge >= 0.3 is 5.97 Å². The van der Waals surface area contributed by atoms with E-state index in [1.165, 1.54) is 23.8 Å². The fourth-order valence-electron chi connectivity index (χ4n) is 2.68. The van der Waals surface area contributed by atoms with E-state index < -0.39 is 6.04 Å². The predicted octanol–water partition coefficient (Wildman–Crippen LogP) is 2.93. The van der Waals surface area contributed by atoms with Crippen molar-refractivity contribution in [3.05, 3.63) is 34.9 Å². The number of carbonyl (C=O) groups is 1. The summed E-state index contributed by atoms with van der Waals surface area (Å²) < 4.78 is 4.68. The first-order valence-corrected chi connectivity index (χ1v) is 6.78. The van der Waals surface area contributed by atoms with Gasteiger partial charge in [-0.15, -0.1) is 0 Å². The second kappa shape index (κ2) is 6.71. The van der Waals surface area contributed by atoms with Crippen LogP contribution in [0.5, 0.6) is 0 Å². The summed E-state index contributed by atoms with van der Waals surface area (Å²) in [6.45, 7) is 8.60. The van der Waals surface area contributed by atoms with Crippen molar-refractivity contribution in [2.24, 2.45) is 11.7 Å². The van der Waals surface area contributed by atoms with Gasteiger partial charge < -0.3 is 10.5 Å². The summed E-state index contributed by atoms with van der Waals surface area (Å²) in [7, 11) is 1.38. The van der Waals surface area contributed by atoms with Crippen LogP contribution < -0.4 is 5.73 Å². The van der Waals surface area contributed by atoms with E-state index in [0.717, 1.165) is 0 Å². The third kappa shape index (κ3) is 3.80. The van der Waals surface area contributed by atoms with E-state index in [2.05, 4.69) is 50.6 Å². The third-order valence-electron chi connectivity index (χ3n) is 3.98. The molecule has 0 aliphatic rings. The van der Waals surface area contributed by atoms with Crippen molar-refractivity contribution >= 4 is 5.97 Å². The zero-order chi connectivity index (χ0) is 14.6. The molecule has 0 spiro atoms. The van der Waals surface area contributed by atoms with Crippen molar-refractivity contribution in [3.63, 3.8) is 0 Å². The van der Waals surface area contributed by atoms with E-state index in [4.69, 9.17) is 5.73 Å². The molecule has 19 heavy (non-hydrogen) atoms. The van der Waals surface area contributed by atoms with Crippen molar-refractivity contribution in [1.82, 2.24) is 0 Å². The summed E-state index contributed by atoms with van der Waals surface area (Å²) in [5.41, 5.74) is 9.81. The molecule has 0 aliphatic carbocycles. The molecule has 0 heterocycles. The number of methoxy groups -OCH3 is 1. The summed E-state index contributed by atoms with van der Waals surface area (Å²) in [5, 5.41) is 0. The number of hydrogen-bond donors (Lipinski definition) is 1. The zero-order valence-electron chi connectivity index (χ0n) is 12.6. The van der Waals surface area contributed by atoms with Crippen LogP contribution >= 0.6 is 0 Å². The van der Waals surface area contributed by atoms with Gasteiger partial charge in [-0.25, -0.2) is 0 Å². The Morgan fingerprint density at radius 3 is 2.26 bits per heavy atom. The number of nitrogens with two attached hydrogens (primary N) is 1. The molecule has 3 atom stereocenters. The molecule has 0 aromatic heterocycles. The van der Waals surface area contributed by atoms with Crippen molar-refractivity contribution < 1.29 is 9.53 Å². The molecule has 106 valence electrons. The Bertz CT molecular complexity index is 422. The Morgan fingerprint density at radius 1 is 1.26 bits per heavy atom. The highest BCUT2D eigenvalue weighted by atomic mass is 16.5. The summed E-state index contributed by atoms with van der Waals surface area (Å²) in [6.07, 6.45) is 0.640. The van der Waals surface area contributed by atoms with Gasteiger partial charge in [0.2, 0.25) is 0 Å². The van der Waals surface area contributed by atoms with Gasteiger partial charge in [-0.1, -0.05) is 32.0 Å². The molecule has 0 saturated heterocycles. The molecule has 1 aromatic carbocycles. The summed E-state index contributed by atoms with van der Waals surface area (Å²) in [6, 6.07) is 5.80. The van der Waals surface area contributed by atoms with Crippen LogP contribution in [0, 0.1) is 19.8 Å². The molecule has 3 nitrogen and oxygen atoms in total. The van der Waals surface area contributed by atoms with Crippen molar-refractivity contribution in [2.45, 2.75) is 46.1 Å². The smallest absolute Gasteiger partial charge is 0.322 e. The monoisotopic (exact) mass is 263 g/mol. The minimum Gasteiger partial charge on any atom is -0.468 e. The second-order valence-electron chi connectivity index (χ2n) is 5.44. The van der Waals surface area contributed by atoms with Crippen molar-refractivity contribution in [1.29, 1.82) is 0 Å². The highest BCUT2D eigenvalue weighted by molar-refractivity contribution is 5.75. The van der Waals surface area contributed by atoms with Crippen LogP contribution in [0.2, 0.25) is 0 Å². The molecular formula is C16H25NO2. The van der Waals surface area contributed by atoms with Crippen LogP contribution in [0.15, 0.2) is 18.2 Å². The van der Waals surface area contributed by atoms with Gasteiger partial charge in [0.1, 0.15) is 6.04 Å². The highest BCUT2D eigenvalue weighted by Gasteiger charge is 2.23. The molecule has 2 N–H and O–H groups in total. The van der Waals surface area contributed by atoms with Crippen LogP contribution in [0.3, 0.4) is 0 Å². The molecular weight excluding hydrogens is 238 g/mol. The molecule has 3 heteroatoms. The Kier molecular flexibility index (Phi) is 5.55. The SMILES string of the molecule is COC(=O)C(N)CC(C)C(C)c1c(C)cccc1C. The van der Waals surface area contributed by atoms with Crippen LogP contribution in [0.1, 0.15) is 42.9 Å². The average molecular weight is 263 g/mol. The van der Waals surface area contributed by atoms with Gasteiger partial charge in [0, 0.05) is 0 Å². The van der Waals surface area contributed by atoms with Crippen LogP contribution in [0.4, 0.5) is 0 Å². The predicted molar refractivity (Wildman–Crippen MR) is 78.1 cm³/mol. The first kappa shape index (κ1) is 15.7. The maximum absolute atomic E-state index is 11.4. The average Bonchev–Trinajstić information content (AvgIpc) is 2.37. The Balaban J connectivity index is 2.82. The molecule has 0 aliphatic heterocycles. The van der Waals surface area contributed by atoms with Gasteiger partial charge in [0.25, 0.3) is 0 Å². The minimum absolute atomic E-state index is 0.328. The minimum atomic E-state index is -0.535. The molecule has 1 aromatic rings. The maximum Gasteiger partial charge on any atom is 0.322 e. The lowest BCUT2D eigenvalue weighted by atomic mass is 9.81. The van der Waals surface area contributed by atoms with Crippen LogP contribution in [0.25, 0.3) is 0 Å². The largest absolute Gasteiger partial charge is 0.468 e. The fraction of sp³-hybridized carbons (Fsp3) is 0.562. The van der Waals surface area contributed by atoms with Crippen LogP contribution in [-0.2, 0) is 9.53 Å². The molecule has 0 saturated carbocycles. The maximum atomic E-state index is 11.4. The summed E-state index contributed by atoms with van der Waals surface area (Å²) >= 11 is 0. The van der Waals surface area contributed by atoms with Gasteiger partial charge in [-0.3, -0.25) is 4.79 Å². The van der Waals surface area contributed by atoms with E-state index in [0.29, 0.717) is 18.3 Å². The van der Waals surface area contributed by atoms with E-state index in [-0.39, 0.29) is 5.97 Å². The summed E-state index contributed by atoms with van der Waals surface area (Å²) in [5.74, 6) is 0.367. The zero-order valence-corrected chi connectivity index (χ0v) is 12.6. The second-order valence-corrected chi connectivity index (χ2v) is 5.44. The molecule has 1 rings (SSSR count). The molecule has 0 bridgehead atoms. The first-order chi connectivity index (χ1) is 8.88. The number of esters is 1. The summed E-state index contributed by atoms with van der Waals surface area (Å²) in [4.78, 5) is 11.4. The first-order valence-electron chi connectivity index (χ1n) is 6.78. The Labute approximate surface area is 116 Å². The molecule has 0 radical (unpaired) electrons. The van der Waals surface area contributed by atoms with E-state index in [1.54, 1.807) is 0 Å². The lowest BCUT2D eigenvalue weighted by molar-refractivity contribution is -0.142. The number of hydrogen-bond acceptors (Lipinski definition) is 3. The van der Waals surface area contributed by atoms with E-state index in [9.17, 15) is 4.79 Å². The number of rotatable bonds is 5. The number of aryl methyl sites for hydroxylation is 2. The lowest BCUT2D eigenvalue weighted by Gasteiger charge is -2.25. The number of benzene rings is 1. The quantitative estimate of drug-likeness (QED) is 0.831. The topological polar surface area (TPSA) is 52.3 Å². The fourth-order valence-corrected chi connectivity index (χ4v) is 2.68. The molecule has 0 fully saturated rings. The Morgan fingerprint density at radius 2 is 1.79 bits per heavy atom. The van der Waals surface area contributed by atoms with Crippen molar-refractivity contribution in [2.75, 3.05) is 7.11 Å².